The van der Waals surface area contributed by atoms with Crippen LogP contribution in [-0.2, 0) is 0 Å². The highest BCUT2D eigenvalue weighted by molar-refractivity contribution is 5.85. The molecule has 0 aromatic heterocycles. The summed E-state index contributed by atoms with van der Waals surface area (Å²) in [5.74, 6) is -0.658. The Hall–Kier alpha value is -0.900. The van der Waals surface area contributed by atoms with Gasteiger partial charge in [-0.05, 0) is 17.7 Å². The smallest absolute Gasteiger partial charge is 0.406 e. The molecule has 0 aliphatic carbocycles. The molecule has 2 rings (SSSR count). The maximum absolute atomic E-state index is 13.3. The molecule has 1 aliphatic rings. The van der Waals surface area contributed by atoms with Gasteiger partial charge in [0.05, 0.1) is 0 Å². The van der Waals surface area contributed by atoms with Crippen LogP contribution >= 0.6 is 24.8 Å². The molecule has 0 radical (unpaired) electrons. The Morgan fingerprint density at radius 3 is 2.08 bits per heavy atom. The fourth-order valence-electron chi connectivity index (χ4n) is 2.43. The van der Waals surface area contributed by atoms with Crippen molar-refractivity contribution < 1.29 is 31.1 Å². The molecule has 24 heavy (non-hydrogen) atoms. The quantitative estimate of drug-likeness (QED) is 0.777. The largest absolute Gasteiger partial charge is 0.573 e. The number of halogens is 8. The normalized spacial score (nSPS) is 17.4. The van der Waals surface area contributed by atoms with Gasteiger partial charge in [0.15, 0.2) is 0 Å². The van der Waals surface area contributed by atoms with Crippen LogP contribution in [0.5, 0.6) is 5.75 Å². The highest BCUT2D eigenvalue weighted by Gasteiger charge is 2.45. The van der Waals surface area contributed by atoms with Gasteiger partial charge in [-0.1, -0.05) is 12.1 Å². The molecule has 0 amide bonds. The third-order valence-corrected chi connectivity index (χ3v) is 3.23. The molecule has 1 atom stereocenters. The van der Waals surface area contributed by atoms with E-state index in [-0.39, 0.29) is 43.5 Å². The van der Waals surface area contributed by atoms with Crippen molar-refractivity contribution in [2.24, 2.45) is 0 Å². The molecule has 1 N–H and O–H groups in total. The van der Waals surface area contributed by atoms with Crippen molar-refractivity contribution in [2.75, 3.05) is 26.2 Å². The van der Waals surface area contributed by atoms with Crippen LogP contribution in [0.4, 0.5) is 26.3 Å². The van der Waals surface area contributed by atoms with E-state index in [0.29, 0.717) is 13.1 Å². The Morgan fingerprint density at radius 2 is 1.58 bits per heavy atom. The van der Waals surface area contributed by atoms with E-state index in [1.807, 2.05) is 0 Å². The van der Waals surface area contributed by atoms with Crippen LogP contribution in [0.2, 0.25) is 0 Å². The second kappa shape index (κ2) is 8.98. The van der Waals surface area contributed by atoms with Crippen LogP contribution in [0.1, 0.15) is 11.6 Å². The highest BCUT2D eigenvalue weighted by atomic mass is 35.5. The van der Waals surface area contributed by atoms with Gasteiger partial charge in [-0.2, -0.15) is 13.2 Å². The average Bonchev–Trinajstić information content (AvgIpc) is 2.37. The molecule has 0 bridgehead atoms. The van der Waals surface area contributed by atoms with E-state index in [4.69, 9.17) is 0 Å². The van der Waals surface area contributed by atoms with Gasteiger partial charge in [-0.25, -0.2) is 0 Å². The first-order chi connectivity index (χ1) is 10.2. The number of piperazine rings is 1. The fraction of sp³-hybridized carbons (Fsp3) is 0.538. The number of rotatable bonds is 3. The number of benzene rings is 1. The minimum absolute atomic E-state index is 0. The SMILES string of the molecule is Cl.Cl.FC(F)(F)Oc1cccc([C@@H](N2CCNCC2)C(F)(F)F)c1. The maximum atomic E-state index is 13.3. The zero-order chi connectivity index (χ0) is 16.4. The van der Waals surface area contributed by atoms with E-state index in [9.17, 15) is 26.3 Å². The molecule has 1 saturated heterocycles. The molecule has 0 unspecified atom stereocenters. The fourth-order valence-corrected chi connectivity index (χ4v) is 2.43. The third kappa shape index (κ3) is 6.54. The van der Waals surface area contributed by atoms with Crippen molar-refractivity contribution in [1.29, 1.82) is 0 Å². The summed E-state index contributed by atoms with van der Waals surface area (Å²) in [7, 11) is 0. The monoisotopic (exact) mass is 400 g/mol. The van der Waals surface area contributed by atoms with Crippen molar-refractivity contribution >= 4 is 24.8 Å². The molecule has 1 heterocycles. The second-order valence-corrected chi connectivity index (χ2v) is 4.85. The summed E-state index contributed by atoms with van der Waals surface area (Å²) in [6.07, 6.45) is -9.53. The van der Waals surface area contributed by atoms with Crippen LogP contribution in [0.3, 0.4) is 0 Å². The molecule has 0 spiro atoms. The molecule has 1 fully saturated rings. The van der Waals surface area contributed by atoms with Crippen LogP contribution in [0, 0.1) is 0 Å². The van der Waals surface area contributed by atoms with E-state index < -0.39 is 24.3 Å². The van der Waals surface area contributed by atoms with Gasteiger partial charge in [0, 0.05) is 26.2 Å². The van der Waals surface area contributed by atoms with Gasteiger partial charge in [-0.3, -0.25) is 4.90 Å². The maximum Gasteiger partial charge on any atom is 0.573 e. The van der Waals surface area contributed by atoms with E-state index in [0.717, 1.165) is 24.3 Å². The predicted molar refractivity (Wildman–Crippen MR) is 80.9 cm³/mol. The lowest BCUT2D eigenvalue weighted by molar-refractivity contribution is -0.274. The number of hydrogen-bond donors (Lipinski definition) is 1. The van der Waals surface area contributed by atoms with E-state index in [2.05, 4.69) is 10.1 Å². The summed E-state index contributed by atoms with van der Waals surface area (Å²) < 4.78 is 80.3. The number of nitrogens with one attached hydrogen (secondary N) is 1. The van der Waals surface area contributed by atoms with Crippen LogP contribution in [-0.4, -0.2) is 43.6 Å². The molecule has 1 aliphatic heterocycles. The van der Waals surface area contributed by atoms with Gasteiger partial charge in [-0.15, -0.1) is 38.0 Å². The minimum atomic E-state index is -4.94. The zero-order valence-corrected chi connectivity index (χ0v) is 13.8. The van der Waals surface area contributed by atoms with Gasteiger partial charge in [0.2, 0.25) is 0 Å². The first kappa shape index (κ1) is 23.1. The van der Waals surface area contributed by atoms with Gasteiger partial charge in [0.1, 0.15) is 11.8 Å². The molecule has 140 valence electrons. The first-order valence-electron chi connectivity index (χ1n) is 6.54. The molecule has 3 nitrogen and oxygen atoms in total. The van der Waals surface area contributed by atoms with Crippen molar-refractivity contribution in [3.05, 3.63) is 29.8 Å². The third-order valence-electron chi connectivity index (χ3n) is 3.23. The lowest BCUT2D eigenvalue weighted by Crippen LogP contribution is -2.49. The molecule has 1 aromatic carbocycles. The molecule has 11 heteroatoms. The Morgan fingerprint density at radius 1 is 1.00 bits per heavy atom. The Labute approximate surface area is 147 Å². The second-order valence-electron chi connectivity index (χ2n) is 4.85. The van der Waals surface area contributed by atoms with Crippen LogP contribution in [0.25, 0.3) is 0 Å². The Bertz CT molecular complexity index is 506. The Balaban J connectivity index is 0.00000264. The van der Waals surface area contributed by atoms with Crippen molar-refractivity contribution in [2.45, 2.75) is 18.6 Å². The van der Waals surface area contributed by atoms with Crippen molar-refractivity contribution in [3.63, 3.8) is 0 Å². The predicted octanol–water partition coefficient (Wildman–Crippen LogP) is 3.94. The van der Waals surface area contributed by atoms with Gasteiger partial charge >= 0.3 is 12.5 Å². The summed E-state index contributed by atoms with van der Waals surface area (Å²) >= 11 is 0. The number of ether oxygens (including phenoxy) is 1. The lowest BCUT2D eigenvalue weighted by Gasteiger charge is -2.36. The summed E-state index contributed by atoms with van der Waals surface area (Å²) in [4.78, 5) is 1.20. The lowest BCUT2D eigenvalue weighted by atomic mass is 10.0. The summed E-state index contributed by atoms with van der Waals surface area (Å²) in [5.41, 5.74) is -0.267. The van der Waals surface area contributed by atoms with Crippen LogP contribution in [0.15, 0.2) is 24.3 Å². The summed E-state index contributed by atoms with van der Waals surface area (Å²) in [6.45, 7) is 1.11. The summed E-state index contributed by atoms with van der Waals surface area (Å²) in [5, 5.41) is 2.93. The average molecular weight is 401 g/mol. The molecular weight excluding hydrogens is 385 g/mol. The minimum Gasteiger partial charge on any atom is -0.406 e. The molecular formula is C13H16Cl2F6N2O. The highest BCUT2D eigenvalue weighted by Crippen LogP contribution is 2.39. The van der Waals surface area contributed by atoms with Crippen LogP contribution < -0.4 is 10.1 Å². The van der Waals surface area contributed by atoms with Crippen molar-refractivity contribution in [3.8, 4) is 5.75 Å². The first-order valence-corrected chi connectivity index (χ1v) is 6.54. The topological polar surface area (TPSA) is 24.5 Å². The number of hydrogen-bond acceptors (Lipinski definition) is 3. The van der Waals surface area contributed by atoms with E-state index in [1.54, 1.807) is 0 Å². The van der Waals surface area contributed by atoms with Crippen molar-refractivity contribution in [1.82, 2.24) is 10.2 Å². The summed E-state index contributed by atoms with van der Waals surface area (Å²) in [6, 6.07) is 2.09. The zero-order valence-electron chi connectivity index (χ0n) is 12.2. The van der Waals surface area contributed by atoms with Gasteiger partial charge < -0.3 is 10.1 Å². The molecule has 1 aromatic rings. The number of alkyl halides is 6. The van der Waals surface area contributed by atoms with E-state index in [1.165, 1.54) is 4.90 Å². The Kier molecular flexibility index (Phi) is 8.64. The van der Waals surface area contributed by atoms with E-state index >= 15 is 0 Å². The van der Waals surface area contributed by atoms with Gasteiger partial charge in [0.25, 0.3) is 0 Å². The molecule has 0 saturated carbocycles. The number of nitrogens with zero attached hydrogens (tertiary/aromatic N) is 1. The standard InChI is InChI=1S/C13H14F6N2O.2ClH/c14-12(15,16)11(21-6-4-20-5-7-21)9-2-1-3-10(8-9)22-13(17,18)19;;/h1-3,8,11,20H,4-7H2;2*1H/t11-;;/m1../s1.